The number of piperidine rings is 1. The first-order valence-corrected chi connectivity index (χ1v) is 7.47. The Morgan fingerprint density at radius 2 is 1.95 bits per heavy atom. The van der Waals surface area contributed by atoms with Gasteiger partial charge in [-0.1, -0.05) is 25.1 Å². The Labute approximate surface area is 120 Å². The summed E-state index contributed by atoms with van der Waals surface area (Å²) in [5.41, 5.74) is 1.57. The molecule has 3 rings (SSSR count). The normalized spacial score (nSPS) is 19.6. The summed E-state index contributed by atoms with van der Waals surface area (Å²) in [6.07, 6.45) is 2.34. The van der Waals surface area contributed by atoms with Crippen molar-refractivity contribution in [3.63, 3.8) is 0 Å². The molecule has 108 valence electrons. The molecule has 1 N–H and O–H groups in total. The van der Waals surface area contributed by atoms with Gasteiger partial charge in [-0.05, 0) is 25.5 Å². The minimum atomic E-state index is -0.594. The predicted molar refractivity (Wildman–Crippen MR) is 80.7 cm³/mol. The number of hydrogen-bond acceptors (Lipinski definition) is 3. The largest absolute Gasteiger partial charge is 0.389 e. The van der Waals surface area contributed by atoms with E-state index >= 15 is 0 Å². The monoisotopic (exact) mass is 273 g/mol. The number of hydrogen-bond donors (Lipinski definition) is 1. The molecule has 1 aromatic carbocycles. The number of aryl methyl sites for hydroxylation is 1. The summed E-state index contributed by atoms with van der Waals surface area (Å²) in [6, 6.07) is 8.25. The van der Waals surface area contributed by atoms with Crippen molar-refractivity contribution in [1.82, 2.24) is 14.7 Å². The molecule has 2 aromatic rings. The van der Waals surface area contributed by atoms with Crippen LogP contribution >= 0.6 is 0 Å². The number of rotatable bonds is 3. The average molecular weight is 273 g/mol. The quantitative estimate of drug-likeness (QED) is 0.929. The van der Waals surface area contributed by atoms with Gasteiger partial charge in [0.05, 0.1) is 16.8 Å². The number of fused-ring (bicyclic) bond motifs is 1. The maximum Gasteiger partial charge on any atom is 0.0731 e. The molecule has 0 bridgehead atoms. The highest BCUT2D eigenvalue weighted by Gasteiger charge is 2.33. The molecule has 0 radical (unpaired) electrons. The van der Waals surface area contributed by atoms with E-state index in [0.29, 0.717) is 6.42 Å². The summed E-state index contributed by atoms with van der Waals surface area (Å²) in [4.78, 5) is 2.39. The summed E-state index contributed by atoms with van der Waals surface area (Å²) in [5, 5.41) is 16.6. The van der Waals surface area contributed by atoms with Crippen LogP contribution in [0.5, 0.6) is 0 Å². The van der Waals surface area contributed by atoms with E-state index in [0.717, 1.165) is 43.7 Å². The van der Waals surface area contributed by atoms with E-state index in [-0.39, 0.29) is 0 Å². The van der Waals surface area contributed by atoms with Crippen LogP contribution in [-0.4, -0.2) is 45.0 Å². The van der Waals surface area contributed by atoms with Crippen molar-refractivity contribution in [3.8, 4) is 0 Å². The Kier molecular flexibility index (Phi) is 3.52. The Hall–Kier alpha value is -1.39. The first-order valence-electron chi connectivity index (χ1n) is 7.47. The highest BCUT2D eigenvalue weighted by atomic mass is 16.3. The molecule has 1 saturated heterocycles. The van der Waals surface area contributed by atoms with Crippen molar-refractivity contribution >= 4 is 10.9 Å². The second-order valence-corrected chi connectivity index (χ2v) is 5.92. The van der Waals surface area contributed by atoms with Crippen LogP contribution in [0, 0.1) is 0 Å². The van der Waals surface area contributed by atoms with E-state index in [1.807, 2.05) is 23.9 Å². The van der Waals surface area contributed by atoms with Crippen LogP contribution in [0.1, 0.15) is 25.5 Å². The second kappa shape index (κ2) is 5.19. The van der Waals surface area contributed by atoms with Crippen LogP contribution in [0.2, 0.25) is 0 Å². The molecule has 1 aliphatic heterocycles. The summed E-state index contributed by atoms with van der Waals surface area (Å²) in [6.45, 7) is 5.22. The number of benzene rings is 1. The van der Waals surface area contributed by atoms with E-state index in [2.05, 4.69) is 29.1 Å². The third kappa shape index (κ3) is 2.45. The predicted octanol–water partition coefficient (Wildman–Crippen LogP) is 1.96. The van der Waals surface area contributed by atoms with Crippen LogP contribution in [0.4, 0.5) is 0 Å². The fourth-order valence-electron chi connectivity index (χ4n) is 3.19. The summed E-state index contributed by atoms with van der Waals surface area (Å²) >= 11 is 0. The first-order chi connectivity index (χ1) is 9.61. The van der Waals surface area contributed by atoms with Gasteiger partial charge < -0.3 is 10.0 Å². The van der Waals surface area contributed by atoms with E-state index in [1.165, 1.54) is 5.39 Å². The zero-order chi connectivity index (χ0) is 14.2. The van der Waals surface area contributed by atoms with Crippen molar-refractivity contribution in [2.24, 2.45) is 7.05 Å². The molecule has 1 fully saturated rings. The van der Waals surface area contributed by atoms with Gasteiger partial charge in [0.25, 0.3) is 0 Å². The summed E-state index contributed by atoms with van der Waals surface area (Å²) < 4.78 is 1.91. The van der Waals surface area contributed by atoms with Gasteiger partial charge in [0, 0.05) is 31.9 Å². The fourth-order valence-corrected chi connectivity index (χ4v) is 3.19. The van der Waals surface area contributed by atoms with Crippen molar-refractivity contribution in [2.45, 2.75) is 31.8 Å². The Bertz CT molecular complexity index is 597. The topological polar surface area (TPSA) is 41.3 Å². The molecule has 0 aliphatic carbocycles. The van der Waals surface area contributed by atoms with Crippen molar-refractivity contribution in [3.05, 3.63) is 30.0 Å². The van der Waals surface area contributed by atoms with Gasteiger partial charge in [-0.3, -0.25) is 4.68 Å². The molecule has 0 saturated carbocycles. The number of likely N-dealkylation sites (tertiary alicyclic amines) is 1. The highest BCUT2D eigenvalue weighted by molar-refractivity contribution is 5.81. The Morgan fingerprint density at radius 1 is 1.25 bits per heavy atom. The summed E-state index contributed by atoms with van der Waals surface area (Å²) in [5.74, 6) is 0. The molecule has 0 unspecified atom stereocenters. The zero-order valence-electron chi connectivity index (χ0n) is 12.3. The van der Waals surface area contributed by atoms with Gasteiger partial charge in [-0.15, -0.1) is 0 Å². The van der Waals surface area contributed by atoms with Crippen LogP contribution in [0.15, 0.2) is 24.3 Å². The van der Waals surface area contributed by atoms with Crippen LogP contribution in [-0.2, 0) is 13.5 Å². The van der Waals surface area contributed by atoms with Gasteiger partial charge in [0.15, 0.2) is 0 Å². The zero-order valence-corrected chi connectivity index (χ0v) is 12.3. The number of aliphatic hydroxyl groups is 1. The van der Waals surface area contributed by atoms with Crippen molar-refractivity contribution in [1.29, 1.82) is 0 Å². The van der Waals surface area contributed by atoms with E-state index in [4.69, 9.17) is 0 Å². The SMILES string of the molecule is CCN1CCC(O)(Cc2nn(C)c3ccccc23)CC1. The molecule has 4 heteroatoms. The molecular weight excluding hydrogens is 250 g/mol. The fraction of sp³-hybridized carbons (Fsp3) is 0.562. The van der Waals surface area contributed by atoms with Crippen LogP contribution in [0.3, 0.4) is 0 Å². The Balaban J connectivity index is 1.83. The molecule has 0 atom stereocenters. The maximum atomic E-state index is 10.8. The van der Waals surface area contributed by atoms with Gasteiger partial charge in [-0.25, -0.2) is 0 Å². The van der Waals surface area contributed by atoms with E-state index in [1.54, 1.807) is 0 Å². The van der Waals surface area contributed by atoms with Gasteiger partial charge in [0.2, 0.25) is 0 Å². The second-order valence-electron chi connectivity index (χ2n) is 5.92. The minimum absolute atomic E-state index is 0.594. The molecule has 1 aliphatic rings. The third-order valence-corrected chi connectivity index (χ3v) is 4.56. The molecule has 1 aromatic heterocycles. The third-order valence-electron chi connectivity index (χ3n) is 4.56. The first kappa shape index (κ1) is 13.6. The van der Waals surface area contributed by atoms with Gasteiger partial charge >= 0.3 is 0 Å². The van der Waals surface area contributed by atoms with Gasteiger partial charge in [-0.2, -0.15) is 5.10 Å². The average Bonchev–Trinajstić information content (AvgIpc) is 2.76. The molecular formula is C16H23N3O. The molecule has 0 spiro atoms. The lowest BCUT2D eigenvalue weighted by molar-refractivity contribution is -0.0199. The smallest absolute Gasteiger partial charge is 0.0731 e. The van der Waals surface area contributed by atoms with Crippen LogP contribution < -0.4 is 0 Å². The van der Waals surface area contributed by atoms with Crippen molar-refractivity contribution < 1.29 is 5.11 Å². The van der Waals surface area contributed by atoms with Crippen LogP contribution in [0.25, 0.3) is 10.9 Å². The number of para-hydroxylation sites is 1. The highest BCUT2D eigenvalue weighted by Crippen LogP contribution is 2.28. The molecule has 2 heterocycles. The Morgan fingerprint density at radius 3 is 2.65 bits per heavy atom. The molecule has 4 nitrogen and oxygen atoms in total. The maximum absolute atomic E-state index is 10.8. The molecule has 20 heavy (non-hydrogen) atoms. The van der Waals surface area contributed by atoms with Crippen molar-refractivity contribution in [2.75, 3.05) is 19.6 Å². The lowest BCUT2D eigenvalue weighted by Crippen LogP contribution is -2.45. The van der Waals surface area contributed by atoms with E-state index in [9.17, 15) is 5.11 Å². The minimum Gasteiger partial charge on any atom is -0.389 e. The number of aromatic nitrogens is 2. The standard InChI is InChI=1S/C16H23N3O/c1-3-19-10-8-16(20,9-11-19)12-14-13-6-4-5-7-15(13)18(2)17-14/h4-7,20H,3,8-12H2,1-2H3. The lowest BCUT2D eigenvalue weighted by Gasteiger charge is -2.37. The summed E-state index contributed by atoms with van der Waals surface area (Å²) in [7, 11) is 1.97. The lowest BCUT2D eigenvalue weighted by atomic mass is 9.86. The van der Waals surface area contributed by atoms with E-state index < -0.39 is 5.60 Å². The molecule has 0 amide bonds. The number of nitrogens with zero attached hydrogens (tertiary/aromatic N) is 3. The van der Waals surface area contributed by atoms with Gasteiger partial charge in [0.1, 0.15) is 0 Å².